The zero-order chi connectivity index (χ0) is 19.5. The highest BCUT2D eigenvalue weighted by Crippen LogP contribution is 2.30. The van der Waals surface area contributed by atoms with Crippen molar-refractivity contribution in [2.45, 2.75) is 0 Å². The first-order valence-electron chi connectivity index (χ1n) is 9.07. The number of ketones is 2. The highest BCUT2D eigenvalue weighted by molar-refractivity contribution is 6.31. The van der Waals surface area contributed by atoms with E-state index in [0.717, 1.165) is 16.3 Å². The molecule has 0 aliphatic rings. The fourth-order valence-electron chi connectivity index (χ4n) is 3.39. The van der Waals surface area contributed by atoms with Gasteiger partial charge < -0.3 is 0 Å². The summed E-state index contributed by atoms with van der Waals surface area (Å²) in [5.41, 5.74) is 3.02. The van der Waals surface area contributed by atoms with Crippen molar-refractivity contribution in [3.63, 3.8) is 0 Å². The lowest BCUT2D eigenvalue weighted by molar-refractivity contribution is 0.103. The van der Waals surface area contributed by atoms with Crippen molar-refractivity contribution in [3.05, 3.63) is 126 Å². The van der Waals surface area contributed by atoms with Gasteiger partial charge in [0.1, 0.15) is 0 Å². The Morgan fingerprint density at radius 3 is 1.61 bits per heavy atom. The fourth-order valence-corrected chi connectivity index (χ4v) is 3.39. The van der Waals surface area contributed by atoms with Gasteiger partial charge in [0.25, 0.3) is 0 Å². The van der Waals surface area contributed by atoms with E-state index >= 15 is 0 Å². The van der Waals surface area contributed by atoms with Crippen molar-refractivity contribution in [1.82, 2.24) is 0 Å². The molecule has 2 heteroatoms. The molecule has 0 saturated carbocycles. The average Bonchev–Trinajstić information content (AvgIpc) is 2.78. The van der Waals surface area contributed by atoms with E-state index in [-0.39, 0.29) is 11.6 Å². The summed E-state index contributed by atoms with van der Waals surface area (Å²) in [6.07, 6.45) is 0. The number of carbonyl (C=O) groups is 2. The lowest BCUT2D eigenvalue weighted by atomic mass is 9.90. The van der Waals surface area contributed by atoms with Gasteiger partial charge in [-0.25, -0.2) is 0 Å². The van der Waals surface area contributed by atoms with Crippen LogP contribution < -0.4 is 0 Å². The molecule has 0 saturated heterocycles. The van der Waals surface area contributed by atoms with Crippen LogP contribution in [0.25, 0.3) is 16.3 Å². The molecule has 0 fully saturated rings. The minimum absolute atomic E-state index is 0.0386. The van der Waals surface area contributed by atoms with Crippen molar-refractivity contribution in [1.29, 1.82) is 0 Å². The van der Waals surface area contributed by atoms with E-state index in [1.807, 2.05) is 78.9 Å². The predicted molar refractivity (Wildman–Crippen MR) is 114 cm³/mol. The molecule has 0 aliphatic heterocycles. The number of hydrogen-bond donors (Lipinski definition) is 0. The van der Waals surface area contributed by atoms with Crippen LogP contribution in [-0.2, 0) is 0 Å². The SMILES string of the molecule is C=C(C(=O)c1ccccc1)c1ccc(C(=O)c2ccccc2)c2ccccc12. The molecule has 2 nitrogen and oxygen atoms in total. The number of rotatable bonds is 5. The molecule has 0 aliphatic carbocycles. The van der Waals surface area contributed by atoms with Gasteiger partial charge in [-0.05, 0) is 22.4 Å². The van der Waals surface area contributed by atoms with Gasteiger partial charge in [-0.3, -0.25) is 9.59 Å². The Morgan fingerprint density at radius 1 is 0.536 bits per heavy atom. The Morgan fingerprint density at radius 2 is 1.00 bits per heavy atom. The second-order valence-electron chi connectivity index (χ2n) is 6.58. The summed E-state index contributed by atoms with van der Waals surface area (Å²) in [7, 11) is 0. The van der Waals surface area contributed by atoms with Crippen molar-refractivity contribution < 1.29 is 9.59 Å². The van der Waals surface area contributed by atoms with Gasteiger partial charge in [0.15, 0.2) is 11.6 Å². The highest BCUT2D eigenvalue weighted by atomic mass is 16.1. The highest BCUT2D eigenvalue weighted by Gasteiger charge is 2.18. The molecular formula is C26H18O2. The second kappa shape index (κ2) is 7.45. The predicted octanol–water partition coefficient (Wildman–Crippen LogP) is 5.97. The van der Waals surface area contributed by atoms with E-state index in [0.29, 0.717) is 22.3 Å². The normalized spacial score (nSPS) is 10.6. The van der Waals surface area contributed by atoms with Crippen LogP contribution in [0.4, 0.5) is 0 Å². The third-order valence-electron chi connectivity index (χ3n) is 4.84. The number of benzene rings is 4. The zero-order valence-corrected chi connectivity index (χ0v) is 15.3. The molecule has 28 heavy (non-hydrogen) atoms. The summed E-state index contributed by atoms with van der Waals surface area (Å²) in [5, 5.41) is 1.66. The maximum absolute atomic E-state index is 13.0. The summed E-state index contributed by atoms with van der Waals surface area (Å²) >= 11 is 0. The van der Waals surface area contributed by atoms with Gasteiger partial charge in [0.05, 0.1) is 0 Å². The molecule has 0 unspecified atom stereocenters. The number of hydrogen-bond acceptors (Lipinski definition) is 2. The number of fused-ring (bicyclic) bond motifs is 1. The van der Waals surface area contributed by atoms with Gasteiger partial charge in [0.2, 0.25) is 0 Å². The first-order chi connectivity index (χ1) is 13.7. The Kier molecular flexibility index (Phi) is 4.69. The van der Waals surface area contributed by atoms with Crippen LogP contribution in [0.3, 0.4) is 0 Å². The zero-order valence-electron chi connectivity index (χ0n) is 15.3. The fraction of sp³-hybridized carbons (Fsp3) is 0. The van der Waals surface area contributed by atoms with Crippen LogP contribution in [0.1, 0.15) is 31.8 Å². The van der Waals surface area contributed by atoms with Crippen LogP contribution in [0.15, 0.2) is 104 Å². The third kappa shape index (κ3) is 3.17. The maximum Gasteiger partial charge on any atom is 0.193 e. The summed E-state index contributed by atoms with van der Waals surface area (Å²) in [4.78, 5) is 25.9. The topological polar surface area (TPSA) is 34.1 Å². The lowest BCUT2D eigenvalue weighted by Crippen LogP contribution is -2.05. The standard InChI is InChI=1S/C26H18O2/c1-18(25(27)19-10-4-2-5-11-19)21-16-17-24(23-15-9-8-14-22(21)23)26(28)20-12-6-3-7-13-20/h2-17H,1H2. The Labute approximate surface area is 163 Å². The quantitative estimate of drug-likeness (QED) is 0.324. The third-order valence-corrected chi connectivity index (χ3v) is 4.84. The van der Waals surface area contributed by atoms with E-state index in [1.165, 1.54) is 0 Å². The van der Waals surface area contributed by atoms with E-state index < -0.39 is 0 Å². The van der Waals surface area contributed by atoms with E-state index in [4.69, 9.17) is 0 Å². The molecule has 0 heterocycles. The lowest BCUT2D eigenvalue weighted by Gasteiger charge is -2.12. The summed E-state index contributed by atoms with van der Waals surface area (Å²) in [5.74, 6) is -0.156. The van der Waals surface area contributed by atoms with Crippen molar-refractivity contribution >= 4 is 27.9 Å². The number of carbonyl (C=O) groups excluding carboxylic acids is 2. The molecule has 0 spiro atoms. The molecule has 4 aromatic rings. The minimum atomic E-state index is -0.118. The molecule has 0 radical (unpaired) electrons. The molecule has 4 aromatic carbocycles. The Balaban J connectivity index is 1.81. The van der Waals surface area contributed by atoms with Crippen LogP contribution in [0.5, 0.6) is 0 Å². The van der Waals surface area contributed by atoms with Crippen LogP contribution in [0.2, 0.25) is 0 Å². The summed E-state index contributed by atoms with van der Waals surface area (Å²) in [6, 6.07) is 29.6. The Bertz CT molecular complexity index is 1190. The van der Waals surface area contributed by atoms with Gasteiger partial charge in [-0.15, -0.1) is 0 Å². The van der Waals surface area contributed by atoms with Gasteiger partial charge in [-0.1, -0.05) is 97.6 Å². The van der Waals surface area contributed by atoms with E-state index in [2.05, 4.69) is 6.58 Å². The van der Waals surface area contributed by atoms with Crippen molar-refractivity contribution in [2.75, 3.05) is 0 Å². The van der Waals surface area contributed by atoms with Gasteiger partial charge >= 0.3 is 0 Å². The first-order valence-corrected chi connectivity index (χ1v) is 9.07. The Hall–Kier alpha value is -3.78. The molecule has 4 rings (SSSR count). The van der Waals surface area contributed by atoms with Crippen LogP contribution in [0, 0.1) is 0 Å². The summed E-state index contributed by atoms with van der Waals surface area (Å²) < 4.78 is 0. The summed E-state index contributed by atoms with van der Waals surface area (Å²) in [6.45, 7) is 4.05. The molecule has 0 aromatic heterocycles. The molecule has 0 N–H and O–H groups in total. The first kappa shape index (κ1) is 17.6. The number of allylic oxidation sites excluding steroid dienone is 1. The monoisotopic (exact) mass is 362 g/mol. The largest absolute Gasteiger partial charge is 0.289 e. The van der Waals surface area contributed by atoms with Gasteiger partial charge in [-0.2, -0.15) is 0 Å². The average molecular weight is 362 g/mol. The molecule has 0 bridgehead atoms. The molecule has 134 valence electrons. The number of Topliss-reactive ketones (excluding diaryl/α,β-unsaturated/α-hetero) is 1. The molecular weight excluding hydrogens is 344 g/mol. The van der Waals surface area contributed by atoms with E-state index in [1.54, 1.807) is 18.2 Å². The molecule has 0 amide bonds. The van der Waals surface area contributed by atoms with E-state index in [9.17, 15) is 9.59 Å². The van der Waals surface area contributed by atoms with Crippen molar-refractivity contribution in [2.24, 2.45) is 0 Å². The maximum atomic E-state index is 13.0. The smallest absolute Gasteiger partial charge is 0.193 e. The second-order valence-corrected chi connectivity index (χ2v) is 6.58. The van der Waals surface area contributed by atoms with Crippen LogP contribution in [-0.4, -0.2) is 11.6 Å². The molecule has 0 atom stereocenters. The van der Waals surface area contributed by atoms with Gasteiger partial charge in [0, 0.05) is 22.3 Å². The minimum Gasteiger partial charge on any atom is -0.289 e. The van der Waals surface area contributed by atoms with Crippen LogP contribution >= 0.6 is 0 Å². The van der Waals surface area contributed by atoms with Crippen molar-refractivity contribution in [3.8, 4) is 0 Å².